The normalized spacial score (nSPS) is 18.7. The van der Waals surface area contributed by atoms with Crippen molar-refractivity contribution in [2.75, 3.05) is 40.4 Å². The van der Waals surface area contributed by atoms with Crippen LogP contribution in [0.3, 0.4) is 0 Å². The van der Waals surface area contributed by atoms with Crippen molar-refractivity contribution in [2.45, 2.75) is 26.3 Å². The lowest BCUT2D eigenvalue weighted by Gasteiger charge is -2.39. The van der Waals surface area contributed by atoms with Crippen molar-refractivity contribution >= 4 is 0 Å². The summed E-state index contributed by atoms with van der Waals surface area (Å²) in [5, 5.41) is 13.3. The summed E-state index contributed by atoms with van der Waals surface area (Å²) in [6, 6.07) is 3.57. The van der Waals surface area contributed by atoms with Gasteiger partial charge in [-0.05, 0) is 5.92 Å². The fourth-order valence-corrected chi connectivity index (χ4v) is 3.23. The van der Waals surface area contributed by atoms with Gasteiger partial charge in [0.1, 0.15) is 17.2 Å². The minimum absolute atomic E-state index is 0.167. The number of benzene rings is 1. The molecule has 2 N–H and O–H groups in total. The number of nitrogens with one attached hydrogen (secondary N) is 1. The zero-order chi connectivity index (χ0) is 16.1. The van der Waals surface area contributed by atoms with Crippen molar-refractivity contribution in [3.05, 3.63) is 17.7 Å². The van der Waals surface area contributed by atoms with Crippen molar-refractivity contribution < 1.29 is 14.6 Å². The van der Waals surface area contributed by atoms with Gasteiger partial charge in [-0.25, -0.2) is 0 Å². The Morgan fingerprint density at radius 3 is 2.18 bits per heavy atom. The predicted octanol–water partition coefficient (Wildman–Crippen LogP) is 2.40. The lowest BCUT2D eigenvalue weighted by atomic mass is 9.89. The van der Waals surface area contributed by atoms with Gasteiger partial charge >= 0.3 is 0 Å². The van der Waals surface area contributed by atoms with Crippen molar-refractivity contribution in [3.63, 3.8) is 0 Å². The van der Waals surface area contributed by atoms with Crippen LogP contribution in [0, 0.1) is 5.92 Å². The fourth-order valence-electron chi connectivity index (χ4n) is 3.23. The molecule has 0 aromatic heterocycles. The Balaban J connectivity index is 2.50. The average Bonchev–Trinajstić information content (AvgIpc) is 2.56. The molecule has 0 radical (unpaired) electrons. The summed E-state index contributed by atoms with van der Waals surface area (Å²) < 4.78 is 11.1. The average molecular weight is 308 g/mol. The lowest BCUT2D eigenvalue weighted by Crippen LogP contribution is -2.46. The topological polar surface area (TPSA) is 54.0 Å². The first-order chi connectivity index (χ1) is 10.6. The number of phenolic OH excluding ortho intramolecular Hbond substituents is 1. The van der Waals surface area contributed by atoms with Crippen LogP contribution in [-0.4, -0.2) is 50.4 Å². The predicted molar refractivity (Wildman–Crippen MR) is 87.8 cm³/mol. The largest absolute Gasteiger partial charge is 0.508 e. The molecule has 1 aromatic carbocycles. The smallest absolute Gasteiger partial charge is 0.131 e. The van der Waals surface area contributed by atoms with Crippen LogP contribution in [0.4, 0.5) is 0 Å². The van der Waals surface area contributed by atoms with E-state index in [0.717, 1.165) is 38.2 Å². The van der Waals surface area contributed by atoms with Crippen molar-refractivity contribution in [2.24, 2.45) is 5.92 Å². The zero-order valence-electron chi connectivity index (χ0n) is 14.1. The third-order valence-corrected chi connectivity index (χ3v) is 4.55. The number of phenols is 1. The van der Waals surface area contributed by atoms with Gasteiger partial charge < -0.3 is 19.9 Å². The Kier molecular flexibility index (Phi) is 5.91. The van der Waals surface area contributed by atoms with Gasteiger partial charge in [0.25, 0.3) is 0 Å². The summed E-state index contributed by atoms with van der Waals surface area (Å²) in [4.78, 5) is 2.49. The van der Waals surface area contributed by atoms with E-state index in [0.29, 0.717) is 17.4 Å². The van der Waals surface area contributed by atoms with Crippen molar-refractivity contribution in [1.29, 1.82) is 0 Å². The third kappa shape index (κ3) is 3.47. The molecule has 5 nitrogen and oxygen atoms in total. The number of hydrogen-bond donors (Lipinski definition) is 2. The van der Waals surface area contributed by atoms with E-state index < -0.39 is 0 Å². The molecule has 2 atom stereocenters. The second kappa shape index (κ2) is 7.70. The molecule has 1 heterocycles. The Morgan fingerprint density at radius 2 is 1.73 bits per heavy atom. The highest BCUT2D eigenvalue weighted by Crippen LogP contribution is 2.44. The van der Waals surface area contributed by atoms with Gasteiger partial charge in [-0.2, -0.15) is 0 Å². The Bertz CT molecular complexity index is 462. The van der Waals surface area contributed by atoms with Gasteiger partial charge in [-0.15, -0.1) is 0 Å². The molecular weight excluding hydrogens is 280 g/mol. The van der Waals surface area contributed by atoms with Crippen LogP contribution in [0.1, 0.15) is 31.9 Å². The number of methoxy groups -OCH3 is 2. The molecule has 22 heavy (non-hydrogen) atoms. The van der Waals surface area contributed by atoms with E-state index in [4.69, 9.17) is 9.47 Å². The molecule has 1 aromatic rings. The van der Waals surface area contributed by atoms with E-state index in [2.05, 4.69) is 24.1 Å². The molecule has 0 bridgehead atoms. The molecular formula is C17H28N2O3. The minimum Gasteiger partial charge on any atom is -0.508 e. The summed E-state index contributed by atoms with van der Waals surface area (Å²) >= 11 is 0. The molecule has 1 aliphatic heterocycles. The lowest BCUT2D eigenvalue weighted by molar-refractivity contribution is 0.123. The molecule has 1 aliphatic rings. The number of aromatic hydroxyl groups is 1. The SMILES string of the molecule is CCC(C)[C@H](c1c(OC)cc(O)cc1OC)N1CCNCC1. The second-order valence-corrected chi connectivity index (χ2v) is 5.88. The fraction of sp³-hybridized carbons (Fsp3) is 0.647. The Morgan fingerprint density at radius 1 is 1.18 bits per heavy atom. The first-order valence-corrected chi connectivity index (χ1v) is 8.02. The first-order valence-electron chi connectivity index (χ1n) is 8.02. The molecule has 124 valence electrons. The summed E-state index contributed by atoms with van der Waals surface area (Å²) in [7, 11) is 3.28. The summed E-state index contributed by atoms with van der Waals surface area (Å²) in [5.41, 5.74) is 1.04. The zero-order valence-corrected chi connectivity index (χ0v) is 14.1. The van der Waals surface area contributed by atoms with Crippen LogP contribution in [0.15, 0.2) is 12.1 Å². The van der Waals surface area contributed by atoms with E-state index in [1.54, 1.807) is 26.4 Å². The van der Waals surface area contributed by atoms with Crippen LogP contribution >= 0.6 is 0 Å². The van der Waals surface area contributed by atoms with Crippen molar-refractivity contribution in [3.8, 4) is 17.2 Å². The monoisotopic (exact) mass is 308 g/mol. The number of hydrogen-bond acceptors (Lipinski definition) is 5. The number of rotatable bonds is 6. The van der Waals surface area contributed by atoms with Crippen LogP contribution in [0.2, 0.25) is 0 Å². The molecule has 0 amide bonds. The summed E-state index contributed by atoms with van der Waals surface area (Å²) in [6.07, 6.45) is 1.07. The molecule has 1 saturated heterocycles. The maximum absolute atomic E-state index is 9.88. The van der Waals surface area contributed by atoms with Gasteiger partial charge in [0.2, 0.25) is 0 Å². The van der Waals surface area contributed by atoms with E-state index in [1.807, 2.05) is 0 Å². The quantitative estimate of drug-likeness (QED) is 0.845. The molecule has 0 aliphatic carbocycles. The highest BCUT2D eigenvalue weighted by Gasteiger charge is 2.31. The molecule has 0 saturated carbocycles. The third-order valence-electron chi connectivity index (χ3n) is 4.55. The number of nitrogens with zero attached hydrogens (tertiary/aromatic N) is 1. The van der Waals surface area contributed by atoms with Gasteiger partial charge in [-0.3, -0.25) is 4.90 Å². The van der Waals surface area contributed by atoms with E-state index in [9.17, 15) is 5.11 Å². The van der Waals surface area contributed by atoms with E-state index in [-0.39, 0.29) is 11.8 Å². The molecule has 5 heteroatoms. The summed E-state index contributed by atoms with van der Waals surface area (Å²) in [6.45, 7) is 8.47. The highest BCUT2D eigenvalue weighted by molar-refractivity contribution is 5.52. The molecule has 1 fully saturated rings. The second-order valence-electron chi connectivity index (χ2n) is 5.88. The van der Waals surface area contributed by atoms with Crippen LogP contribution < -0.4 is 14.8 Å². The molecule has 1 unspecified atom stereocenters. The first kappa shape index (κ1) is 16.9. The minimum atomic E-state index is 0.167. The van der Waals surface area contributed by atoms with Gasteiger partial charge in [0, 0.05) is 44.4 Å². The van der Waals surface area contributed by atoms with Crippen molar-refractivity contribution in [1.82, 2.24) is 10.2 Å². The molecule has 2 rings (SSSR count). The van der Waals surface area contributed by atoms with Crippen LogP contribution in [0.5, 0.6) is 17.2 Å². The van der Waals surface area contributed by atoms with Crippen LogP contribution in [0.25, 0.3) is 0 Å². The van der Waals surface area contributed by atoms with Gasteiger partial charge in [0.15, 0.2) is 0 Å². The number of ether oxygens (including phenoxy) is 2. The highest BCUT2D eigenvalue weighted by atomic mass is 16.5. The Labute approximate surface area is 133 Å². The standard InChI is InChI=1S/C17H28N2O3/c1-5-12(2)17(19-8-6-18-7-9-19)16-14(21-3)10-13(20)11-15(16)22-4/h10-12,17-18,20H,5-9H2,1-4H3/t12?,17-/m1/s1. The number of piperazine rings is 1. The molecule has 0 spiro atoms. The Hall–Kier alpha value is -1.46. The maximum Gasteiger partial charge on any atom is 0.131 e. The van der Waals surface area contributed by atoms with E-state index >= 15 is 0 Å². The van der Waals surface area contributed by atoms with Gasteiger partial charge in [0.05, 0.1) is 19.8 Å². The van der Waals surface area contributed by atoms with Crippen LogP contribution in [-0.2, 0) is 0 Å². The maximum atomic E-state index is 9.88. The summed E-state index contributed by atoms with van der Waals surface area (Å²) in [5.74, 6) is 2.02. The van der Waals surface area contributed by atoms with Gasteiger partial charge in [-0.1, -0.05) is 20.3 Å². The van der Waals surface area contributed by atoms with E-state index in [1.165, 1.54) is 0 Å².